The van der Waals surface area contributed by atoms with Crippen LogP contribution in [-0.4, -0.2) is 5.11 Å². The minimum Gasteiger partial charge on any atom is -0.507 e. The van der Waals surface area contributed by atoms with Crippen LogP contribution in [0.5, 0.6) is 5.75 Å². The van der Waals surface area contributed by atoms with Crippen molar-refractivity contribution in [1.29, 1.82) is 0 Å². The summed E-state index contributed by atoms with van der Waals surface area (Å²) in [5.74, 6) is 0.282. The molecule has 12 heavy (non-hydrogen) atoms. The summed E-state index contributed by atoms with van der Waals surface area (Å²) in [6.45, 7) is 7.46. The van der Waals surface area contributed by atoms with Crippen LogP contribution < -0.4 is 0 Å². The van der Waals surface area contributed by atoms with Gasteiger partial charge in [-0.15, -0.1) is 6.58 Å². The van der Waals surface area contributed by atoms with Crippen LogP contribution in [-0.2, 0) is 0 Å². The SMILES string of the molecule is C=CCC(=C)c1ccccc1O. The molecule has 1 heteroatoms. The predicted molar refractivity (Wildman–Crippen MR) is 52.0 cm³/mol. The molecule has 0 heterocycles. The predicted octanol–water partition coefficient (Wildman–Crippen LogP) is 2.98. The number of phenols is 1. The van der Waals surface area contributed by atoms with Crippen LogP contribution in [0.15, 0.2) is 43.5 Å². The maximum absolute atomic E-state index is 9.41. The summed E-state index contributed by atoms with van der Waals surface area (Å²) >= 11 is 0. The summed E-state index contributed by atoms with van der Waals surface area (Å²) in [6.07, 6.45) is 2.48. The van der Waals surface area contributed by atoms with E-state index in [9.17, 15) is 5.11 Å². The lowest BCUT2D eigenvalue weighted by Gasteiger charge is -2.04. The normalized spacial score (nSPS) is 9.33. The number of phenolic OH excluding ortho intramolecular Hbond substituents is 1. The van der Waals surface area contributed by atoms with E-state index in [1.165, 1.54) is 0 Å². The van der Waals surface area contributed by atoms with Crippen LogP contribution in [0, 0.1) is 0 Å². The van der Waals surface area contributed by atoms with Crippen LogP contribution in [0.3, 0.4) is 0 Å². The van der Waals surface area contributed by atoms with Gasteiger partial charge in [-0.25, -0.2) is 0 Å². The zero-order chi connectivity index (χ0) is 8.97. The number of aromatic hydroxyl groups is 1. The maximum atomic E-state index is 9.41. The van der Waals surface area contributed by atoms with E-state index in [-0.39, 0.29) is 5.75 Å². The Balaban J connectivity index is 2.94. The monoisotopic (exact) mass is 160 g/mol. The van der Waals surface area contributed by atoms with Crippen molar-refractivity contribution < 1.29 is 5.11 Å². The van der Waals surface area contributed by atoms with Gasteiger partial charge in [0, 0.05) is 5.56 Å². The topological polar surface area (TPSA) is 20.2 Å². The van der Waals surface area contributed by atoms with Gasteiger partial charge < -0.3 is 5.11 Å². The Hall–Kier alpha value is -1.50. The molecule has 0 saturated carbocycles. The van der Waals surface area contributed by atoms with E-state index >= 15 is 0 Å². The molecule has 0 aromatic heterocycles. The molecule has 0 aliphatic heterocycles. The Kier molecular flexibility index (Phi) is 2.70. The number of benzene rings is 1. The summed E-state index contributed by atoms with van der Waals surface area (Å²) in [7, 11) is 0. The highest BCUT2D eigenvalue weighted by molar-refractivity contribution is 5.69. The third-order valence-electron chi connectivity index (χ3n) is 1.68. The molecule has 0 spiro atoms. The van der Waals surface area contributed by atoms with E-state index in [1.54, 1.807) is 18.2 Å². The van der Waals surface area contributed by atoms with Gasteiger partial charge in [0.1, 0.15) is 5.75 Å². The first-order valence-corrected chi connectivity index (χ1v) is 3.82. The molecule has 1 nitrogen and oxygen atoms in total. The highest BCUT2D eigenvalue weighted by atomic mass is 16.3. The number of hydrogen-bond acceptors (Lipinski definition) is 1. The number of rotatable bonds is 3. The van der Waals surface area contributed by atoms with Crippen molar-refractivity contribution in [3.8, 4) is 5.75 Å². The van der Waals surface area contributed by atoms with Gasteiger partial charge in [0.25, 0.3) is 0 Å². The maximum Gasteiger partial charge on any atom is 0.123 e. The third-order valence-corrected chi connectivity index (χ3v) is 1.68. The molecule has 1 aromatic rings. The molecule has 0 unspecified atom stereocenters. The molecule has 0 atom stereocenters. The van der Waals surface area contributed by atoms with E-state index in [0.717, 1.165) is 11.1 Å². The lowest BCUT2D eigenvalue weighted by Crippen LogP contribution is -1.81. The van der Waals surface area contributed by atoms with E-state index in [0.29, 0.717) is 6.42 Å². The van der Waals surface area contributed by atoms with Gasteiger partial charge >= 0.3 is 0 Å². The molecule has 1 N–H and O–H groups in total. The molecule has 0 amide bonds. The average Bonchev–Trinajstić information content (AvgIpc) is 2.05. The summed E-state index contributed by atoms with van der Waals surface area (Å²) in [4.78, 5) is 0. The van der Waals surface area contributed by atoms with Crippen molar-refractivity contribution in [2.45, 2.75) is 6.42 Å². The second-order valence-corrected chi connectivity index (χ2v) is 2.61. The van der Waals surface area contributed by atoms with Crippen LogP contribution in [0.1, 0.15) is 12.0 Å². The van der Waals surface area contributed by atoms with E-state index in [2.05, 4.69) is 13.2 Å². The lowest BCUT2D eigenvalue weighted by molar-refractivity contribution is 0.473. The molecule has 1 aromatic carbocycles. The Labute approximate surface area is 72.7 Å². The number of para-hydroxylation sites is 1. The minimum atomic E-state index is 0.282. The van der Waals surface area contributed by atoms with Crippen LogP contribution in [0.25, 0.3) is 5.57 Å². The fourth-order valence-corrected chi connectivity index (χ4v) is 1.06. The summed E-state index contributed by atoms with van der Waals surface area (Å²) in [5.41, 5.74) is 1.69. The van der Waals surface area contributed by atoms with Crippen LogP contribution in [0.4, 0.5) is 0 Å². The minimum absolute atomic E-state index is 0.282. The standard InChI is InChI=1S/C11H12O/c1-3-6-9(2)10-7-4-5-8-11(10)12/h3-5,7-8,12H,1-2,6H2. The molecular formula is C11H12O. The zero-order valence-corrected chi connectivity index (χ0v) is 6.96. The van der Waals surface area contributed by atoms with Gasteiger partial charge in [0.2, 0.25) is 0 Å². The molecular weight excluding hydrogens is 148 g/mol. The van der Waals surface area contributed by atoms with Gasteiger partial charge in [0.05, 0.1) is 0 Å². The van der Waals surface area contributed by atoms with Gasteiger partial charge in [-0.1, -0.05) is 30.9 Å². The molecule has 0 aliphatic carbocycles. The molecule has 0 fully saturated rings. The van der Waals surface area contributed by atoms with Crippen LogP contribution >= 0.6 is 0 Å². The Morgan fingerprint density at radius 3 is 2.67 bits per heavy atom. The summed E-state index contributed by atoms with van der Waals surface area (Å²) in [5, 5.41) is 9.41. The molecule has 1 rings (SSSR count). The zero-order valence-electron chi connectivity index (χ0n) is 6.96. The first-order chi connectivity index (χ1) is 5.75. The fraction of sp³-hybridized carbons (Fsp3) is 0.0909. The van der Waals surface area contributed by atoms with Crippen molar-refractivity contribution in [2.75, 3.05) is 0 Å². The summed E-state index contributed by atoms with van der Waals surface area (Å²) < 4.78 is 0. The van der Waals surface area contributed by atoms with Crippen molar-refractivity contribution >= 4 is 5.57 Å². The highest BCUT2D eigenvalue weighted by Crippen LogP contribution is 2.25. The molecule has 0 aliphatic rings. The van der Waals surface area contributed by atoms with E-state index < -0.39 is 0 Å². The quantitative estimate of drug-likeness (QED) is 0.674. The molecule has 62 valence electrons. The second kappa shape index (κ2) is 3.77. The molecule has 0 radical (unpaired) electrons. The molecule has 0 saturated heterocycles. The number of hydrogen-bond donors (Lipinski definition) is 1. The van der Waals surface area contributed by atoms with Gasteiger partial charge in [-0.2, -0.15) is 0 Å². The van der Waals surface area contributed by atoms with Crippen LogP contribution in [0.2, 0.25) is 0 Å². The van der Waals surface area contributed by atoms with E-state index in [1.807, 2.05) is 12.1 Å². The van der Waals surface area contributed by atoms with E-state index in [4.69, 9.17) is 0 Å². The van der Waals surface area contributed by atoms with Crippen molar-refractivity contribution in [1.82, 2.24) is 0 Å². The van der Waals surface area contributed by atoms with Gasteiger partial charge in [-0.3, -0.25) is 0 Å². The van der Waals surface area contributed by atoms with Crippen molar-refractivity contribution in [3.05, 3.63) is 49.1 Å². The van der Waals surface area contributed by atoms with Gasteiger partial charge in [0.15, 0.2) is 0 Å². The Morgan fingerprint density at radius 2 is 2.08 bits per heavy atom. The lowest BCUT2D eigenvalue weighted by atomic mass is 10.0. The Bertz CT molecular complexity index is 300. The van der Waals surface area contributed by atoms with Gasteiger partial charge in [-0.05, 0) is 18.1 Å². The third kappa shape index (κ3) is 1.76. The van der Waals surface area contributed by atoms with Crippen molar-refractivity contribution in [2.24, 2.45) is 0 Å². The molecule has 0 bridgehead atoms. The number of allylic oxidation sites excluding steroid dienone is 2. The van der Waals surface area contributed by atoms with Crippen molar-refractivity contribution in [3.63, 3.8) is 0 Å². The highest BCUT2D eigenvalue weighted by Gasteiger charge is 2.01. The first-order valence-electron chi connectivity index (χ1n) is 3.82. The Morgan fingerprint density at radius 1 is 1.42 bits per heavy atom. The average molecular weight is 160 g/mol. The second-order valence-electron chi connectivity index (χ2n) is 2.61. The first kappa shape index (κ1) is 8.60. The summed E-state index contributed by atoms with van der Waals surface area (Å²) in [6, 6.07) is 7.17. The smallest absolute Gasteiger partial charge is 0.123 e. The fourth-order valence-electron chi connectivity index (χ4n) is 1.06. The largest absolute Gasteiger partial charge is 0.507 e.